The quantitative estimate of drug-likeness (QED) is 0.133. The molecule has 0 bridgehead atoms. The molecule has 1 aliphatic rings. The molecule has 1 heterocycles. The zero-order valence-electron chi connectivity index (χ0n) is 39.8. The fourth-order valence-electron chi connectivity index (χ4n) is 11.0. The monoisotopic (exact) mass is 918 g/mol. The first-order valence-corrected chi connectivity index (χ1v) is 25.0. The smallest absolute Gasteiger partial charge is 0.0619 e. The van der Waals surface area contributed by atoms with Crippen molar-refractivity contribution in [1.29, 1.82) is 0 Å². The molecular formula is C70H50N2. The molecule has 2 nitrogen and oxygen atoms in total. The third kappa shape index (κ3) is 7.90. The van der Waals surface area contributed by atoms with E-state index in [0.717, 1.165) is 34.7 Å². The van der Waals surface area contributed by atoms with Crippen LogP contribution in [0.2, 0.25) is 0 Å². The molecule has 0 saturated heterocycles. The lowest BCUT2D eigenvalue weighted by atomic mass is 9.91. The number of benzene rings is 11. The van der Waals surface area contributed by atoms with E-state index in [4.69, 9.17) is 0 Å². The van der Waals surface area contributed by atoms with E-state index in [0.29, 0.717) is 5.92 Å². The number of rotatable bonds is 10. The number of allylic oxidation sites excluding steroid dienone is 4. The summed E-state index contributed by atoms with van der Waals surface area (Å²) in [5, 5.41) is 4.98. The van der Waals surface area contributed by atoms with Crippen LogP contribution in [0, 0.1) is 0 Å². The van der Waals surface area contributed by atoms with E-state index in [2.05, 4.69) is 295 Å². The minimum atomic E-state index is 0.429. The van der Waals surface area contributed by atoms with Crippen molar-refractivity contribution in [2.24, 2.45) is 0 Å². The molecule has 2 heteroatoms. The molecule has 12 aromatic rings. The van der Waals surface area contributed by atoms with Gasteiger partial charge in [-0.25, -0.2) is 0 Å². The Morgan fingerprint density at radius 1 is 0.361 bits per heavy atom. The van der Waals surface area contributed by atoms with Gasteiger partial charge in [-0.15, -0.1) is 0 Å². The first-order chi connectivity index (χ1) is 35.7. The number of para-hydroxylation sites is 2. The topological polar surface area (TPSA) is 8.17 Å². The Hall–Kier alpha value is -9.24. The molecule has 0 fully saturated rings. The Balaban J connectivity index is 0.907. The van der Waals surface area contributed by atoms with E-state index >= 15 is 0 Å². The zero-order valence-corrected chi connectivity index (χ0v) is 39.8. The molecule has 0 spiro atoms. The molecule has 13 rings (SSSR count). The predicted molar refractivity (Wildman–Crippen MR) is 306 cm³/mol. The highest BCUT2D eigenvalue weighted by molar-refractivity contribution is 6.19. The molecule has 0 radical (unpaired) electrons. The lowest BCUT2D eigenvalue weighted by molar-refractivity contribution is 0.854. The molecule has 340 valence electrons. The highest BCUT2D eigenvalue weighted by atomic mass is 15.1. The van der Waals surface area contributed by atoms with Crippen LogP contribution in [0.25, 0.3) is 93.9 Å². The Morgan fingerprint density at radius 2 is 0.889 bits per heavy atom. The van der Waals surface area contributed by atoms with Gasteiger partial charge in [0.05, 0.1) is 11.0 Å². The van der Waals surface area contributed by atoms with Gasteiger partial charge in [-0.05, 0) is 127 Å². The molecule has 0 saturated carbocycles. The largest absolute Gasteiger partial charge is 0.310 e. The van der Waals surface area contributed by atoms with Gasteiger partial charge in [-0.1, -0.05) is 231 Å². The van der Waals surface area contributed by atoms with Crippen molar-refractivity contribution < 1.29 is 0 Å². The second-order valence-corrected chi connectivity index (χ2v) is 18.8. The minimum Gasteiger partial charge on any atom is -0.310 e. The van der Waals surface area contributed by atoms with Crippen molar-refractivity contribution in [1.82, 2.24) is 4.57 Å². The summed E-state index contributed by atoms with van der Waals surface area (Å²) in [4.78, 5) is 2.40. The van der Waals surface area contributed by atoms with Gasteiger partial charge in [0.15, 0.2) is 0 Å². The lowest BCUT2D eigenvalue weighted by Gasteiger charge is -2.26. The Morgan fingerprint density at radius 3 is 1.60 bits per heavy atom. The molecule has 0 N–H and O–H groups in total. The number of fused-ring (bicyclic) bond motifs is 4. The van der Waals surface area contributed by atoms with Crippen LogP contribution >= 0.6 is 0 Å². The molecule has 0 amide bonds. The average molecular weight is 919 g/mol. The van der Waals surface area contributed by atoms with Crippen LogP contribution in [-0.2, 0) is 0 Å². The van der Waals surface area contributed by atoms with Gasteiger partial charge >= 0.3 is 0 Å². The van der Waals surface area contributed by atoms with Gasteiger partial charge in [0.25, 0.3) is 0 Å². The van der Waals surface area contributed by atoms with Crippen LogP contribution in [0.3, 0.4) is 0 Å². The van der Waals surface area contributed by atoms with E-state index in [9.17, 15) is 0 Å². The summed E-state index contributed by atoms with van der Waals surface area (Å²) in [6.07, 6.45) is 9.90. The second-order valence-electron chi connectivity index (χ2n) is 18.8. The van der Waals surface area contributed by atoms with Crippen LogP contribution in [-0.4, -0.2) is 4.57 Å². The second kappa shape index (κ2) is 18.6. The fourth-order valence-corrected chi connectivity index (χ4v) is 11.0. The van der Waals surface area contributed by atoms with Crippen LogP contribution in [0.1, 0.15) is 17.9 Å². The molecule has 1 aliphatic carbocycles. The van der Waals surface area contributed by atoms with Crippen LogP contribution in [0.5, 0.6) is 0 Å². The summed E-state index contributed by atoms with van der Waals surface area (Å²) in [7, 11) is 0. The fraction of sp³-hybridized carbons (Fsp3) is 0.0286. The summed E-state index contributed by atoms with van der Waals surface area (Å²) in [5.74, 6) is 0.429. The van der Waals surface area contributed by atoms with Crippen molar-refractivity contribution in [3.8, 4) is 61.3 Å². The lowest BCUT2D eigenvalue weighted by Crippen LogP contribution is -2.10. The average Bonchev–Trinajstić information content (AvgIpc) is 3.81. The van der Waals surface area contributed by atoms with Crippen molar-refractivity contribution in [2.45, 2.75) is 12.3 Å². The van der Waals surface area contributed by atoms with Crippen LogP contribution in [0.4, 0.5) is 17.1 Å². The Bertz CT molecular complexity index is 3950. The SMILES string of the molecule is C1=CCC(c2ccc(-c3ccc(N(c4ccc(-c5ccc(-c6cccc7ccccc67)cc5)cc4)c4cccc(-c5cccc6c5c5cccc(-c7ccccc7)c5n6-c5ccccc5)c4)cc3)cc2)C=C1. The number of hydrogen-bond donors (Lipinski definition) is 0. The van der Waals surface area contributed by atoms with Crippen molar-refractivity contribution >= 4 is 49.6 Å². The molecule has 11 aromatic carbocycles. The molecule has 72 heavy (non-hydrogen) atoms. The molecule has 1 aromatic heterocycles. The van der Waals surface area contributed by atoms with Gasteiger partial charge < -0.3 is 9.47 Å². The van der Waals surface area contributed by atoms with E-state index in [1.54, 1.807) is 0 Å². The van der Waals surface area contributed by atoms with Crippen LogP contribution in [0.15, 0.2) is 285 Å². The van der Waals surface area contributed by atoms with Gasteiger partial charge in [0.1, 0.15) is 0 Å². The number of anilines is 3. The highest BCUT2D eigenvalue weighted by Gasteiger charge is 2.21. The number of aromatic nitrogens is 1. The normalized spacial score (nSPS) is 13.2. The zero-order chi connectivity index (χ0) is 47.8. The third-order valence-corrected chi connectivity index (χ3v) is 14.5. The predicted octanol–water partition coefficient (Wildman–Crippen LogP) is 19.3. The van der Waals surface area contributed by atoms with Crippen molar-refractivity contribution in [3.63, 3.8) is 0 Å². The summed E-state index contributed by atoms with van der Waals surface area (Å²) < 4.78 is 2.45. The maximum absolute atomic E-state index is 2.45. The van der Waals surface area contributed by atoms with Crippen molar-refractivity contribution in [2.75, 3.05) is 4.90 Å². The summed E-state index contributed by atoms with van der Waals surface area (Å²) in [6.45, 7) is 0. The van der Waals surface area contributed by atoms with E-state index in [1.165, 1.54) is 88.2 Å². The summed E-state index contributed by atoms with van der Waals surface area (Å²) in [5.41, 5.74) is 20.1. The van der Waals surface area contributed by atoms with Gasteiger partial charge in [0.2, 0.25) is 0 Å². The first-order valence-electron chi connectivity index (χ1n) is 25.0. The molecule has 0 aliphatic heterocycles. The van der Waals surface area contributed by atoms with Crippen molar-refractivity contribution in [3.05, 3.63) is 291 Å². The molecule has 1 unspecified atom stereocenters. The third-order valence-electron chi connectivity index (χ3n) is 14.5. The van der Waals surface area contributed by atoms with Gasteiger partial charge in [-0.3, -0.25) is 0 Å². The highest BCUT2D eigenvalue weighted by Crippen LogP contribution is 2.44. The van der Waals surface area contributed by atoms with E-state index in [1.807, 2.05) is 0 Å². The molecule has 1 atom stereocenters. The number of nitrogens with zero attached hydrogens (tertiary/aromatic N) is 2. The maximum atomic E-state index is 2.45. The van der Waals surface area contributed by atoms with Crippen LogP contribution < -0.4 is 4.90 Å². The minimum absolute atomic E-state index is 0.429. The van der Waals surface area contributed by atoms with E-state index in [-0.39, 0.29) is 0 Å². The van der Waals surface area contributed by atoms with Gasteiger partial charge in [0, 0.05) is 45.0 Å². The van der Waals surface area contributed by atoms with E-state index < -0.39 is 0 Å². The Labute approximate surface area is 421 Å². The Kier molecular flexibility index (Phi) is 11.1. The first kappa shape index (κ1) is 42.8. The number of hydrogen-bond acceptors (Lipinski definition) is 1. The standard InChI is InChI=1S/C70H50N2/c1-4-16-49(17-5-1)50-32-34-51(35-33-50)53-40-44-60(45-41-53)71(61-46-42-54(43-47-61)52-36-38-57(39-37-52)64-27-13-21-55-20-10-11-26-63(55)64)62-25-12-22-58(48-62)65-28-15-31-68-69(65)67-30-14-29-66(56-18-6-2-7-19-56)70(67)72(68)59-23-8-3-9-24-59/h1-16,18-49H,17H2. The molecular weight excluding hydrogens is 869 g/mol. The summed E-state index contributed by atoms with van der Waals surface area (Å²) >= 11 is 0. The van der Waals surface area contributed by atoms with Gasteiger partial charge in [-0.2, -0.15) is 0 Å². The maximum Gasteiger partial charge on any atom is 0.0619 e. The summed E-state index contributed by atoms with van der Waals surface area (Å²) in [6, 6.07) is 95.6.